The van der Waals surface area contributed by atoms with Crippen LogP contribution in [0, 0.1) is 5.92 Å². The number of tetrazole rings is 1. The van der Waals surface area contributed by atoms with Crippen molar-refractivity contribution in [1.29, 1.82) is 0 Å². The Hall–Kier alpha value is -4.86. The summed E-state index contributed by atoms with van der Waals surface area (Å²) in [5, 5.41) is 20.3. The smallest absolute Gasteiger partial charge is 0.408 e. The molecule has 3 fully saturated rings. The average molecular weight is 747 g/mol. The van der Waals surface area contributed by atoms with E-state index in [1.54, 1.807) is 20.8 Å². The Morgan fingerprint density at radius 3 is 2.57 bits per heavy atom. The van der Waals surface area contributed by atoms with E-state index in [9.17, 15) is 27.6 Å². The van der Waals surface area contributed by atoms with E-state index in [4.69, 9.17) is 9.84 Å². The molecule has 3 aromatic rings. The van der Waals surface area contributed by atoms with Crippen molar-refractivity contribution in [2.24, 2.45) is 5.92 Å². The second-order valence-electron chi connectivity index (χ2n) is 15.6. The Kier molecular flexibility index (Phi) is 9.76. The van der Waals surface area contributed by atoms with Crippen molar-refractivity contribution < 1.29 is 32.3 Å². The number of alkyl carbamates (subject to hydrolysis) is 1. The molecule has 0 bridgehead atoms. The minimum Gasteiger partial charge on any atom is -0.444 e. The van der Waals surface area contributed by atoms with Gasteiger partial charge < -0.3 is 20.3 Å². The molecule has 0 spiro atoms. The lowest BCUT2D eigenvalue weighted by molar-refractivity contribution is -0.141. The molecule has 2 saturated carbocycles. The van der Waals surface area contributed by atoms with Crippen molar-refractivity contribution in [2.75, 3.05) is 6.54 Å². The number of hydrogen-bond acceptors (Lipinski definition) is 10. The molecular formula is C37H46N8O7S. The number of rotatable bonds is 6. The number of sulfonamides is 1. The third-order valence-corrected chi connectivity index (χ3v) is 12.2. The zero-order valence-electron chi connectivity index (χ0n) is 30.2. The molecule has 4 aliphatic rings. The third kappa shape index (κ3) is 7.92. The monoisotopic (exact) mass is 746 g/mol. The van der Waals surface area contributed by atoms with E-state index in [2.05, 4.69) is 25.7 Å². The molecule has 2 aliphatic heterocycles. The predicted molar refractivity (Wildman–Crippen MR) is 194 cm³/mol. The molecule has 53 heavy (non-hydrogen) atoms. The first kappa shape index (κ1) is 36.5. The molecule has 1 aromatic heterocycles. The van der Waals surface area contributed by atoms with E-state index in [1.165, 1.54) is 9.70 Å². The number of nitrogens with one attached hydrogen (secondary N) is 3. The van der Waals surface area contributed by atoms with Crippen LogP contribution in [0.15, 0.2) is 54.6 Å². The standard InChI is InChI=1S/C37H46N8O7S/c1-36(2,3)52-35(49)38-29-17-8-6-4-5-7-14-24-21-37(24,34(48)42-53(50,51)26-18-19-26)39-32(46)30-20-25(22-44(30)33(29)47)45-41-31(40-43-45)28-16-11-13-23-12-9-10-15-27(23)28/h7,9-16,24-26,29-30H,4-6,8,17-22H2,1-3H3,(H,38,49)(H,39,46)(H,42,48)/b14-7+/t24?,25-,29+,30+,37-/m1/s1. The van der Waals surface area contributed by atoms with Gasteiger partial charge in [0, 0.05) is 24.4 Å². The molecule has 282 valence electrons. The van der Waals surface area contributed by atoms with Crippen molar-refractivity contribution in [3.63, 3.8) is 0 Å². The third-order valence-electron chi connectivity index (χ3n) is 10.3. The van der Waals surface area contributed by atoms with Crippen LogP contribution in [0.1, 0.15) is 84.6 Å². The number of aromatic nitrogens is 4. The number of fused-ring (bicyclic) bond motifs is 3. The van der Waals surface area contributed by atoms with Gasteiger partial charge in [-0.05, 0) is 75.3 Å². The SMILES string of the molecule is CC(C)(C)OC(=O)N[C@H]1CCCCC/C=C/C2C[C@@]2(C(=O)NS(=O)(=O)C2CC2)NC(=O)[C@@H]2C[C@@H](n3nnc(-c4cccc5ccccc45)n3)CN2C1=O. The Labute approximate surface area is 308 Å². The molecule has 16 heteroatoms. The van der Waals surface area contributed by atoms with Gasteiger partial charge in [0.15, 0.2) is 0 Å². The van der Waals surface area contributed by atoms with Gasteiger partial charge in [0.25, 0.3) is 5.91 Å². The van der Waals surface area contributed by atoms with Crippen LogP contribution in [0.4, 0.5) is 4.79 Å². The summed E-state index contributed by atoms with van der Waals surface area (Å²) in [4.78, 5) is 58.3. The molecule has 15 nitrogen and oxygen atoms in total. The molecule has 3 heterocycles. The number of benzene rings is 2. The second-order valence-corrected chi connectivity index (χ2v) is 17.5. The molecule has 2 aromatic carbocycles. The fraction of sp³-hybridized carbons (Fsp3) is 0.541. The summed E-state index contributed by atoms with van der Waals surface area (Å²) < 4.78 is 33.4. The van der Waals surface area contributed by atoms with Crippen LogP contribution in [0.3, 0.4) is 0 Å². The zero-order valence-corrected chi connectivity index (χ0v) is 31.0. The zero-order chi connectivity index (χ0) is 37.5. The minimum atomic E-state index is -3.89. The highest BCUT2D eigenvalue weighted by Gasteiger charge is 2.62. The summed E-state index contributed by atoms with van der Waals surface area (Å²) in [5.74, 6) is -1.92. The maximum absolute atomic E-state index is 14.5. The topological polar surface area (TPSA) is 195 Å². The maximum atomic E-state index is 14.5. The van der Waals surface area contributed by atoms with Gasteiger partial charge in [-0.1, -0.05) is 67.5 Å². The van der Waals surface area contributed by atoms with Crippen LogP contribution in [0.5, 0.6) is 0 Å². The molecule has 5 atom stereocenters. The van der Waals surface area contributed by atoms with Crippen molar-refractivity contribution >= 4 is 44.6 Å². The predicted octanol–water partition coefficient (Wildman–Crippen LogP) is 3.53. The molecule has 7 rings (SSSR count). The van der Waals surface area contributed by atoms with E-state index in [1.807, 2.05) is 54.6 Å². The molecule has 2 aliphatic carbocycles. The van der Waals surface area contributed by atoms with E-state index >= 15 is 0 Å². The van der Waals surface area contributed by atoms with Crippen LogP contribution in [0.25, 0.3) is 22.2 Å². The highest BCUT2D eigenvalue weighted by Crippen LogP contribution is 2.46. The number of allylic oxidation sites excluding steroid dienone is 1. The van der Waals surface area contributed by atoms with Crippen molar-refractivity contribution in [1.82, 2.24) is 40.5 Å². The quantitative estimate of drug-likeness (QED) is 0.314. The molecular weight excluding hydrogens is 701 g/mol. The lowest BCUT2D eigenvalue weighted by Crippen LogP contribution is -2.58. The molecule has 1 unspecified atom stereocenters. The average Bonchev–Trinajstić information content (AvgIpc) is 3.97. The van der Waals surface area contributed by atoms with E-state index in [0.717, 1.165) is 29.2 Å². The van der Waals surface area contributed by atoms with Gasteiger partial charge in [-0.3, -0.25) is 19.1 Å². The number of hydrogen-bond donors (Lipinski definition) is 3. The molecule has 0 radical (unpaired) electrons. The number of nitrogens with zero attached hydrogens (tertiary/aromatic N) is 5. The molecule has 3 N–H and O–H groups in total. The lowest BCUT2D eigenvalue weighted by atomic mass is 10.0. The van der Waals surface area contributed by atoms with Gasteiger partial charge in [0.2, 0.25) is 27.7 Å². The Morgan fingerprint density at radius 2 is 1.79 bits per heavy atom. The van der Waals surface area contributed by atoms with Crippen LogP contribution >= 0.6 is 0 Å². The highest BCUT2D eigenvalue weighted by atomic mass is 32.2. The van der Waals surface area contributed by atoms with Gasteiger partial charge >= 0.3 is 6.09 Å². The summed E-state index contributed by atoms with van der Waals surface area (Å²) in [6.07, 6.45) is 7.52. The van der Waals surface area contributed by atoms with Crippen molar-refractivity contribution in [3.05, 3.63) is 54.6 Å². The first-order valence-electron chi connectivity index (χ1n) is 18.4. The summed E-state index contributed by atoms with van der Waals surface area (Å²) >= 11 is 0. The Balaban J connectivity index is 1.20. The van der Waals surface area contributed by atoms with Crippen LogP contribution < -0.4 is 15.4 Å². The highest BCUT2D eigenvalue weighted by molar-refractivity contribution is 7.91. The van der Waals surface area contributed by atoms with Gasteiger partial charge in [-0.15, -0.1) is 10.2 Å². The van der Waals surface area contributed by atoms with Gasteiger partial charge in [0.1, 0.15) is 23.2 Å². The van der Waals surface area contributed by atoms with Gasteiger partial charge in [0.05, 0.1) is 11.3 Å². The normalized spacial score (nSPS) is 27.4. The van der Waals surface area contributed by atoms with Crippen LogP contribution in [-0.4, -0.2) is 92.4 Å². The summed E-state index contributed by atoms with van der Waals surface area (Å²) in [6.45, 7) is 5.21. The number of carbonyl (C=O) groups excluding carboxylic acids is 4. The number of ether oxygens (including phenoxy) is 1. The fourth-order valence-corrected chi connectivity index (χ4v) is 8.67. The Bertz CT molecular complexity index is 2050. The first-order valence-corrected chi connectivity index (χ1v) is 19.9. The Morgan fingerprint density at radius 1 is 1.02 bits per heavy atom. The number of amides is 4. The first-order chi connectivity index (χ1) is 25.2. The fourth-order valence-electron chi connectivity index (χ4n) is 7.30. The van der Waals surface area contributed by atoms with Crippen LogP contribution in [0.2, 0.25) is 0 Å². The van der Waals surface area contributed by atoms with E-state index < -0.39 is 74.3 Å². The minimum absolute atomic E-state index is 0.0212. The van der Waals surface area contributed by atoms with Gasteiger partial charge in [-0.2, -0.15) is 4.80 Å². The summed E-state index contributed by atoms with van der Waals surface area (Å²) in [7, 11) is -3.89. The van der Waals surface area contributed by atoms with Gasteiger partial charge in [-0.25, -0.2) is 13.2 Å². The van der Waals surface area contributed by atoms with Crippen molar-refractivity contribution in [2.45, 2.75) is 113 Å². The van der Waals surface area contributed by atoms with Crippen molar-refractivity contribution in [3.8, 4) is 11.4 Å². The number of carbonyl (C=O) groups is 4. The summed E-state index contributed by atoms with van der Waals surface area (Å²) in [6, 6.07) is 11.0. The summed E-state index contributed by atoms with van der Waals surface area (Å²) in [5.41, 5.74) is -1.52. The molecule has 4 amide bonds. The maximum Gasteiger partial charge on any atom is 0.408 e. The van der Waals surface area contributed by atoms with E-state index in [-0.39, 0.29) is 19.4 Å². The lowest BCUT2D eigenvalue weighted by Gasteiger charge is -2.30. The largest absolute Gasteiger partial charge is 0.444 e. The molecule has 1 saturated heterocycles. The van der Waals surface area contributed by atoms with E-state index in [0.29, 0.717) is 37.9 Å². The second kappa shape index (κ2) is 14.2. The van der Waals surface area contributed by atoms with Crippen LogP contribution in [-0.2, 0) is 29.1 Å².